The van der Waals surface area contributed by atoms with E-state index in [1.165, 1.54) is 0 Å². The molecule has 4 aromatic rings. The Balaban J connectivity index is 1.28. The van der Waals surface area contributed by atoms with Crippen molar-refractivity contribution in [2.45, 2.75) is 33.3 Å². The highest BCUT2D eigenvalue weighted by molar-refractivity contribution is 6.59. The lowest BCUT2D eigenvalue weighted by atomic mass is 9.79. The highest BCUT2D eigenvalue weighted by Gasteiger charge is 2.18. The minimum atomic E-state index is -1.65. The molecule has 4 aromatic carbocycles. The Labute approximate surface area is 273 Å². The number of ether oxygens (including phenoxy) is 5. The van der Waals surface area contributed by atoms with Gasteiger partial charge in [0.15, 0.2) is 0 Å². The molecule has 10 nitrogen and oxygen atoms in total. The number of carbonyl (C=O) groups is 3. The van der Waals surface area contributed by atoms with E-state index in [1.807, 2.05) is 0 Å². The zero-order chi connectivity index (χ0) is 33.8. The molecule has 0 aliphatic heterocycles. The van der Waals surface area contributed by atoms with E-state index in [0.717, 1.165) is 11.6 Å². The number of benzene rings is 4. The van der Waals surface area contributed by atoms with Crippen molar-refractivity contribution in [3.05, 3.63) is 125 Å². The van der Waals surface area contributed by atoms with Gasteiger partial charge in [-0.2, -0.15) is 0 Å². The third kappa shape index (κ3) is 9.80. The van der Waals surface area contributed by atoms with Gasteiger partial charge in [-0.3, -0.25) is 0 Å². The van der Waals surface area contributed by atoms with E-state index in [2.05, 4.69) is 6.58 Å². The summed E-state index contributed by atoms with van der Waals surface area (Å²) in [5.74, 6) is 0.0548. The molecule has 4 rings (SSSR count). The molecule has 47 heavy (non-hydrogen) atoms. The number of hydrogen-bond acceptors (Lipinski definition) is 10. The summed E-state index contributed by atoms with van der Waals surface area (Å²) in [4.78, 5) is 36.7. The zero-order valence-electron chi connectivity index (χ0n) is 26.1. The average molecular weight is 638 g/mol. The quantitative estimate of drug-likeness (QED) is 0.0609. The van der Waals surface area contributed by atoms with Crippen molar-refractivity contribution in [3.63, 3.8) is 0 Å². The molecular weight excluding hydrogens is 603 g/mol. The van der Waals surface area contributed by atoms with Crippen LogP contribution in [-0.2, 0) is 16.1 Å². The van der Waals surface area contributed by atoms with Gasteiger partial charge in [0.1, 0.15) is 29.6 Å². The summed E-state index contributed by atoms with van der Waals surface area (Å²) in [7, 11) is -1.65. The minimum absolute atomic E-state index is 0.160. The SMILES string of the molecule is C=CC(=O)OCCCCOc1ccc(C(=O)Oc2ccc(OC(=O)c3ccc(COc4ccccc4B(O)O)cc3)c(C)c2C)cc1. The molecule has 0 amide bonds. The van der Waals surface area contributed by atoms with Gasteiger partial charge in [0, 0.05) is 11.5 Å². The van der Waals surface area contributed by atoms with Crippen molar-refractivity contribution in [2.24, 2.45) is 0 Å². The minimum Gasteiger partial charge on any atom is -0.494 e. The summed E-state index contributed by atoms with van der Waals surface area (Å²) < 4.78 is 27.6. The van der Waals surface area contributed by atoms with E-state index >= 15 is 0 Å². The molecule has 0 atom stereocenters. The van der Waals surface area contributed by atoms with Crippen LogP contribution in [0.3, 0.4) is 0 Å². The second-order valence-electron chi connectivity index (χ2n) is 10.4. The highest BCUT2D eigenvalue weighted by Crippen LogP contribution is 2.30. The Hall–Kier alpha value is -5.39. The van der Waals surface area contributed by atoms with Crippen molar-refractivity contribution >= 4 is 30.5 Å². The molecule has 0 aliphatic rings. The number of esters is 3. The van der Waals surface area contributed by atoms with Crippen molar-refractivity contribution in [2.75, 3.05) is 13.2 Å². The van der Waals surface area contributed by atoms with Gasteiger partial charge in [-0.05, 0) is 98.0 Å². The lowest BCUT2D eigenvalue weighted by molar-refractivity contribution is -0.137. The van der Waals surface area contributed by atoms with Crippen LogP contribution in [0.25, 0.3) is 0 Å². The molecule has 0 saturated carbocycles. The van der Waals surface area contributed by atoms with Gasteiger partial charge in [-0.15, -0.1) is 0 Å². The van der Waals surface area contributed by atoms with Gasteiger partial charge in [0.05, 0.1) is 24.3 Å². The number of unbranched alkanes of at least 4 members (excludes halogenated alkanes) is 1. The van der Waals surface area contributed by atoms with Crippen LogP contribution in [0.5, 0.6) is 23.0 Å². The number of rotatable bonds is 15. The fourth-order valence-electron chi connectivity index (χ4n) is 4.35. The summed E-state index contributed by atoms with van der Waals surface area (Å²) in [5.41, 5.74) is 2.98. The molecule has 0 aliphatic carbocycles. The zero-order valence-corrected chi connectivity index (χ0v) is 26.1. The van der Waals surface area contributed by atoms with Gasteiger partial charge >= 0.3 is 25.0 Å². The first-order valence-electron chi connectivity index (χ1n) is 14.9. The maximum Gasteiger partial charge on any atom is 0.492 e. The van der Waals surface area contributed by atoms with Crippen LogP contribution >= 0.6 is 0 Å². The van der Waals surface area contributed by atoms with Crippen LogP contribution in [0, 0.1) is 13.8 Å². The molecule has 0 saturated heterocycles. The van der Waals surface area contributed by atoms with Crippen LogP contribution in [0.15, 0.2) is 97.6 Å². The third-order valence-corrected chi connectivity index (χ3v) is 7.18. The Morgan fingerprint density at radius 1 is 0.702 bits per heavy atom. The fourth-order valence-corrected chi connectivity index (χ4v) is 4.35. The van der Waals surface area contributed by atoms with Gasteiger partial charge in [0.25, 0.3) is 0 Å². The average Bonchev–Trinajstić information content (AvgIpc) is 3.09. The van der Waals surface area contributed by atoms with Crippen LogP contribution < -0.4 is 24.4 Å². The first-order chi connectivity index (χ1) is 22.7. The molecule has 0 unspecified atom stereocenters. The Bertz CT molecular complexity index is 1700. The molecule has 11 heteroatoms. The lowest BCUT2D eigenvalue weighted by Crippen LogP contribution is -2.31. The van der Waals surface area contributed by atoms with Crippen molar-refractivity contribution in [1.82, 2.24) is 0 Å². The fraction of sp³-hybridized carbons (Fsp3) is 0.194. The molecule has 0 aromatic heterocycles. The van der Waals surface area contributed by atoms with Gasteiger partial charge < -0.3 is 33.7 Å². The predicted octanol–water partition coefficient (Wildman–Crippen LogP) is 4.89. The maximum absolute atomic E-state index is 12.9. The van der Waals surface area contributed by atoms with Gasteiger partial charge in [-0.25, -0.2) is 14.4 Å². The molecule has 0 bridgehead atoms. The van der Waals surface area contributed by atoms with Gasteiger partial charge in [0.2, 0.25) is 0 Å². The van der Waals surface area contributed by atoms with E-state index in [1.54, 1.807) is 98.8 Å². The second kappa shape index (κ2) is 16.8. The maximum atomic E-state index is 12.9. The molecule has 0 radical (unpaired) electrons. The van der Waals surface area contributed by atoms with E-state index in [-0.39, 0.29) is 12.1 Å². The molecule has 0 spiro atoms. The molecule has 0 heterocycles. The third-order valence-electron chi connectivity index (χ3n) is 7.18. The van der Waals surface area contributed by atoms with Crippen LogP contribution in [0.2, 0.25) is 0 Å². The molecular formula is C36H35BO10. The first kappa shape index (κ1) is 34.5. The van der Waals surface area contributed by atoms with Crippen LogP contribution in [0.4, 0.5) is 0 Å². The smallest absolute Gasteiger partial charge is 0.492 e. The van der Waals surface area contributed by atoms with Crippen molar-refractivity contribution in [3.8, 4) is 23.0 Å². The standard InChI is InChI=1S/C36H35BO10/c1-4-34(38)44-22-8-7-21-43-29-17-15-28(16-18-29)36(40)47-32-20-19-31(24(2)25(32)3)46-35(39)27-13-11-26(12-14-27)23-45-33-10-6-5-9-30(33)37(41)42/h4-6,9-20,41-42H,1,7-8,21-23H2,2-3H3. The van der Waals surface area contributed by atoms with Crippen molar-refractivity contribution < 1.29 is 48.1 Å². The summed E-state index contributed by atoms with van der Waals surface area (Å²) >= 11 is 0. The topological polar surface area (TPSA) is 138 Å². The van der Waals surface area contributed by atoms with Crippen LogP contribution in [0.1, 0.15) is 50.2 Å². The normalized spacial score (nSPS) is 10.5. The van der Waals surface area contributed by atoms with E-state index in [0.29, 0.717) is 71.3 Å². The molecule has 0 fully saturated rings. The summed E-state index contributed by atoms with van der Waals surface area (Å²) in [5, 5.41) is 19.0. The Morgan fingerprint density at radius 3 is 1.83 bits per heavy atom. The monoisotopic (exact) mass is 638 g/mol. The van der Waals surface area contributed by atoms with Crippen molar-refractivity contribution in [1.29, 1.82) is 0 Å². The summed E-state index contributed by atoms with van der Waals surface area (Å²) in [6.45, 7) is 7.77. The predicted molar refractivity (Wildman–Crippen MR) is 175 cm³/mol. The summed E-state index contributed by atoms with van der Waals surface area (Å²) in [6, 6.07) is 23.0. The number of carbonyl (C=O) groups excluding carboxylic acids is 3. The largest absolute Gasteiger partial charge is 0.494 e. The van der Waals surface area contributed by atoms with E-state index < -0.39 is 25.0 Å². The summed E-state index contributed by atoms with van der Waals surface area (Å²) in [6.07, 6.45) is 2.46. The number of para-hydroxylation sites is 1. The lowest BCUT2D eigenvalue weighted by Gasteiger charge is -2.14. The molecule has 2 N–H and O–H groups in total. The van der Waals surface area contributed by atoms with Crippen LogP contribution in [-0.4, -0.2) is 48.3 Å². The second-order valence-corrected chi connectivity index (χ2v) is 10.4. The number of hydrogen-bond donors (Lipinski definition) is 2. The highest BCUT2D eigenvalue weighted by atomic mass is 16.5. The van der Waals surface area contributed by atoms with E-state index in [9.17, 15) is 24.4 Å². The molecule has 242 valence electrons. The van der Waals surface area contributed by atoms with Gasteiger partial charge in [-0.1, -0.05) is 36.9 Å². The Kier molecular flexibility index (Phi) is 12.3. The Morgan fingerprint density at radius 2 is 1.26 bits per heavy atom. The van der Waals surface area contributed by atoms with E-state index in [4.69, 9.17) is 23.7 Å². The first-order valence-corrected chi connectivity index (χ1v) is 14.9.